The zero-order chi connectivity index (χ0) is 21.0. The lowest BCUT2D eigenvalue weighted by molar-refractivity contribution is 0.488. The molecule has 0 fully saturated rings. The number of sulfone groups is 1. The number of hydrogen-bond donors (Lipinski definition) is 0. The molecule has 0 aliphatic carbocycles. The van der Waals surface area contributed by atoms with E-state index in [0.717, 1.165) is 20.9 Å². The van der Waals surface area contributed by atoms with E-state index in [9.17, 15) is 16.8 Å². The Hall–Kier alpha value is -2.29. The van der Waals surface area contributed by atoms with Crippen molar-refractivity contribution < 1.29 is 21.0 Å². The molecule has 8 heteroatoms. The van der Waals surface area contributed by atoms with Gasteiger partial charge in [0.05, 0.1) is 6.26 Å². The lowest BCUT2D eigenvalue weighted by Gasteiger charge is -2.20. The fourth-order valence-corrected chi connectivity index (χ4v) is 8.93. The lowest BCUT2D eigenvalue weighted by Crippen LogP contribution is -2.20. The van der Waals surface area contributed by atoms with Gasteiger partial charge in [-0.3, -0.25) is 0 Å². The smallest absolute Gasteiger partial charge is 0.306 e. The average Bonchev–Trinajstić information content (AvgIpc) is 2.64. The van der Waals surface area contributed by atoms with Gasteiger partial charge in [0.15, 0.2) is 14.7 Å². The highest BCUT2D eigenvalue weighted by Crippen LogP contribution is 2.45. The van der Waals surface area contributed by atoms with Gasteiger partial charge in [-0.05, 0) is 49.2 Å². The molecule has 150 valence electrons. The third kappa shape index (κ3) is 3.45. The van der Waals surface area contributed by atoms with Gasteiger partial charge in [0, 0.05) is 12.1 Å². The van der Waals surface area contributed by atoms with Crippen molar-refractivity contribution in [3.8, 4) is 5.75 Å². The van der Waals surface area contributed by atoms with Gasteiger partial charge in [0.2, 0.25) is 9.84 Å². The minimum Gasteiger partial charge on any atom is -0.382 e. The van der Waals surface area contributed by atoms with Crippen LogP contribution < -0.4 is 4.18 Å². The summed E-state index contributed by atoms with van der Waals surface area (Å²) in [5.74, 6) is 0.311. The zero-order valence-electron chi connectivity index (χ0n) is 16.0. The molecule has 4 rings (SSSR count). The molecule has 0 atom stereocenters. The molecule has 5 nitrogen and oxygen atoms in total. The molecule has 1 heterocycles. The number of fused-ring (bicyclic) bond motifs is 2. The van der Waals surface area contributed by atoms with Crippen molar-refractivity contribution in [3.05, 3.63) is 71.8 Å². The van der Waals surface area contributed by atoms with Crippen LogP contribution in [0.4, 0.5) is 0 Å². The highest BCUT2D eigenvalue weighted by atomic mass is 32.2. The number of rotatable bonds is 3. The quantitative estimate of drug-likeness (QED) is 0.352. The van der Waals surface area contributed by atoms with Crippen molar-refractivity contribution in [2.24, 2.45) is 0 Å². The molecule has 1 aliphatic rings. The van der Waals surface area contributed by atoms with Crippen molar-refractivity contribution in [2.45, 2.75) is 38.3 Å². The highest BCUT2D eigenvalue weighted by molar-refractivity contribution is 8.00. The molecule has 0 N–H and O–H groups in total. The Morgan fingerprint density at radius 2 is 1.28 bits per heavy atom. The van der Waals surface area contributed by atoms with E-state index >= 15 is 0 Å². The summed E-state index contributed by atoms with van der Waals surface area (Å²) in [5, 5.41) is 0. The molecule has 0 spiro atoms. The predicted molar refractivity (Wildman–Crippen MR) is 112 cm³/mol. The fourth-order valence-electron chi connectivity index (χ4n) is 3.48. The first-order valence-corrected chi connectivity index (χ1v) is 13.3. The van der Waals surface area contributed by atoms with Gasteiger partial charge in [-0.15, -0.1) is 0 Å². The summed E-state index contributed by atoms with van der Waals surface area (Å²) >= 11 is 0. The average molecular weight is 448 g/mol. The van der Waals surface area contributed by atoms with Crippen LogP contribution in [0.5, 0.6) is 5.75 Å². The predicted octanol–water partition coefficient (Wildman–Crippen LogP) is 3.88. The van der Waals surface area contributed by atoms with Crippen LogP contribution >= 0.6 is 0 Å². The molecular weight excluding hydrogens is 428 g/mol. The van der Waals surface area contributed by atoms with Gasteiger partial charge in [-0.25, -0.2) is 8.42 Å². The first kappa shape index (κ1) is 20.0. The summed E-state index contributed by atoms with van der Waals surface area (Å²) < 4.78 is 54.6. The minimum atomic E-state index is -3.65. The van der Waals surface area contributed by atoms with Crippen LogP contribution in [0.3, 0.4) is 0 Å². The van der Waals surface area contributed by atoms with Crippen molar-refractivity contribution in [1.29, 1.82) is 0 Å². The summed E-state index contributed by atoms with van der Waals surface area (Å²) in [7, 11) is -7.88. The molecule has 29 heavy (non-hydrogen) atoms. The fraction of sp³-hybridized carbons (Fsp3) is 0.143. The maximum atomic E-state index is 13.1. The molecule has 3 aromatic rings. The first-order chi connectivity index (χ1) is 13.6. The van der Waals surface area contributed by atoms with Gasteiger partial charge in [0.25, 0.3) is 0 Å². The van der Waals surface area contributed by atoms with Gasteiger partial charge < -0.3 is 4.18 Å². The molecule has 0 saturated carbocycles. The summed E-state index contributed by atoms with van der Waals surface area (Å²) in [4.78, 5) is 3.02. The lowest BCUT2D eigenvalue weighted by atomic mass is 10.1. The maximum Gasteiger partial charge on any atom is 0.306 e. The van der Waals surface area contributed by atoms with E-state index in [1.54, 1.807) is 38.1 Å². The van der Waals surface area contributed by atoms with Gasteiger partial charge in [-0.2, -0.15) is 8.42 Å². The maximum absolute atomic E-state index is 13.1. The van der Waals surface area contributed by atoms with E-state index in [2.05, 4.69) is 0 Å². The molecule has 0 aromatic heterocycles. The normalized spacial score (nSPS) is 15.4. The molecule has 0 radical (unpaired) electrons. The number of aryl methyl sites for hydroxylation is 2. The van der Waals surface area contributed by atoms with E-state index in [-0.39, 0.29) is 0 Å². The van der Waals surface area contributed by atoms with Crippen LogP contribution in [0.1, 0.15) is 11.1 Å². The second-order valence-corrected chi connectivity index (χ2v) is 12.3. The second-order valence-electron chi connectivity index (χ2n) is 6.88. The van der Waals surface area contributed by atoms with E-state index in [0.29, 0.717) is 26.7 Å². The molecule has 3 aromatic carbocycles. The molecule has 0 saturated heterocycles. The van der Waals surface area contributed by atoms with E-state index in [4.69, 9.17) is 4.18 Å². The third-order valence-corrected chi connectivity index (χ3v) is 9.52. The summed E-state index contributed by atoms with van der Waals surface area (Å²) in [6, 6.07) is 17.9. The Kier molecular flexibility index (Phi) is 4.76. The number of hydrogen-bond acceptors (Lipinski definition) is 5. The van der Waals surface area contributed by atoms with Crippen molar-refractivity contribution in [3.63, 3.8) is 0 Å². The Balaban J connectivity index is 1.98. The summed E-state index contributed by atoms with van der Waals surface area (Å²) in [6.45, 7) is 3.58. The minimum absolute atomic E-state index is 0.311. The Morgan fingerprint density at radius 3 is 1.72 bits per heavy atom. The monoisotopic (exact) mass is 447 g/mol. The SMILES string of the molecule is Cc1cc([S+]2c3ccccc3S(=O)(=O)c3ccccc32)cc(C)c1OS(C)(=O)=O. The van der Waals surface area contributed by atoms with E-state index in [1.165, 1.54) is 0 Å². The third-order valence-electron chi connectivity index (χ3n) is 4.62. The first-order valence-electron chi connectivity index (χ1n) is 8.78. The van der Waals surface area contributed by atoms with Crippen LogP contribution in [0, 0.1) is 13.8 Å². The van der Waals surface area contributed by atoms with Gasteiger partial charge in [0.1, 0.15) is 26.4 Å². The summed E-state index contributed by atoms with van der Waals surface area (Å²) in [5.41, 5.74) is 1.36. The van der Waals surface area contributed by atoms with Gasteiger partial charge in [-0.1, -0.05) is 24.3 Å². The summed E-state index contributed by atoms with van der Waals surface area (Å²) in [6.07, 6.45) is 1.01. The molecule has 0 bridgehead atoms. The van der Waals surface area contributed by atoms with E-state index in [1.807, 2.05) is 36.4 Å². The van der Waals surface area contributed by atoms with Crippen LogP contribution in [-0.4, -0.2) is 23.1 Å². The Bertz CT molecular complexity index is 1270. The molecular formula is C21H19O5S3+. The Morgan fingerprint density at radius 1 is 0.828 bits per heavy atom. The highest BCUT2D eigenvalue weighted by Gasteiger charge is 2.45. The molecule has 0 unspecified atom stereocenters. The molecule has 0 amide bonds. The Labute approximate surface area is 173 Å². The topological polar surface area (TPSA) is 77.5 Å². The van der Waals surface area contributed by atoms with Crippen LogP contribution in [0.25, 0.3) is 0 Å². The standard InChI is InChI=1S/C21H19O5S3/c1-14-12-16(13-15(2)21(14)26-28(3,22)23)27-17-8-4-6-10-19(17)29(24,25)20-11-7-5-9-18(20)27/h4-13H,1-3H3/q+1. The largest absolute Gasteiger partial charge is 0.382 e. The van der Waals surface area contributed by atoms with Crippen molar-refractivity contribution in [1.82, 2.24) is 0 Å². The molecule has 1 aliphatic heterocycles. The number of benzene rings is 3. The van der Waals surface area contributed by atoms with E-state index < -0.39 is 30.9 Å². The van der Waals surface area contributed by atoms with Crippen molar-refractivity contribution >= 4 is 30.9 Å². The zero-order valence-corrected chi connectivity index (χ0v) is 18.5. The second kappa shape index (κ2) is 6.90. The van der Waals surface area contributed by atoms with Gasteiger partial charge >= 0.3 is 10.1 Å². The van der Waals surface area contributed by atoms with Crippen LogP contribution in [0.2, 0.25) is 0 Å². The van der Waals surface area contributed by atoms with Crippen LogP contribution in [-0.2, 0) is 30.9 Å². The van der Waals surface area contributed by atoms with Crippen molar-refractivity contribution in [2.75, 3.05) is 6.26 Å². The van der Waals surface area contributed by atoms with Crippen LogP contribution in [0.15, 0.2) is 85.1 Å².